The summed E-state index contributed by atoms with van der Waals surface area (Å²) in [5.74, 6) is -0.884. The van der Waals surface area contributed by atoms with Crippen LogP contribution in [0.3, 0.4) is 0 Å². The zero-order chi connectivity index (χ0) is 63.3. The van der Waals surface area contributed by atoms with Crippen LogP contribution in [0.15, 0.2) is 15.3 Å². The molecule has 0 fully saturated rings. The SMILES string of the molecule is CCC(C)(C)COCC(C)(C)CNC(=O)CCOCC(COCCC(=O)NCC(C)(C)COCC(C)(C)CN=[N+]=[N-])(COCCC(=O)NCC(C)(C)COCC(C)(C)CN=[N+]=[N-])COCCC(=O)NCC(C)(C)COCC(C)(C)CN=[N+]=[N-]. The Morgan fingerprint density at radius 2 is 0.530 bits per heavy atom. The summed E-state index contributed by atoms with van der Waals surface area (Å²) in [6.45, 7) is 39.9. The monoisotopic (exact) mass is 1180 g/mol. The molecule has 0 aromatic carbocycles. The van der Waals surface area contributed by atoms with E-state index < -0.39 is 21.7 Å². The summed E-state index contributed by atoms with van der Waals surface area (Å²) in [6.07, 6.45) is 1.17. The van der Waals surface area contributed by atoms with Gasteiger partial charge in [0.05, 0.1) is 111 Å². The number of hydrogen-bond donors (Lipinski definition) is 4. The van der Waals surface area contributed by atoms with Crippen LogP contribution >= 0.6 is 0 Å². The Labute approximate surface area is 497 Å². The summed E-state index contributed by atoms with van der Waals surface area (Å²) in [5.41, 5.74) is 22.7. The Hall–Kier alpha value is -4.51. The van der Waals surface area contributed by atoms with Gasteiger partial charge in [-0.05, 0) is 44.7 Å². The molecule has 0 heterocycles. The maximum Gasteiger partial charge on any atom is 0.222 e. The van der Waals surface area contributed by atoms with Crippen molar-refractivity contribution < 1.29 is 57.1 Å². The average molecular weight is 1180 g/mol. The molecule has 0 aliphatic heterocycles. The van der Waals surface area contributed by atoms with E-state index in [4.69, 9.17) is 54.5 Å². The zero-order valence-corrected chi connectivity index (χ0v) is 54.2. The Balaban J connectivity index is 6.20. The second-order valence-electron chi connectivity index (χ2n) is 28.6. The summed E-state index contributed by atoms with van der Waals surface area (Å²) in [4.78, 5) is 61.2. The fraction of sp³-hybridized carbons (Fsp3) is 0.931. The first-order chi connectivity index (χ1) is 38.5. The molecule has 0 spiro atoms. The number of carbonyl (C=O) groups excluding carboxylic acids is 4. The van der Waals surface area contributed by atoms with Crippen LogP contribution < -0.4 is 21.3 Å². The molecule has 0 unspecified atom stereocenters. The van der Waals surface area contributed by atoms with E-state index in [1.54, 1.807) is 0 Å². The first-order valence-corrected chi connectivity index (χ1v) is 29.2. The standard InChI is InChI=1S/C58H111N13O12/c1-18-50(2,3)34-80-35-51(4,5)27-62-46(72)19-23-76-42-58(43-77-24-20-47(73)63-28-52(6,7)36-81-39-55(12,13)31-66-69-59,44-78-25-21-48(74)64-29-53(8,9)37-82-40-56(14,15)32-67-70-60)45-79-26-22-49(75)65-30-54(10,11)38-83-41-57(16,17)33-68-71-61/h18-45H2,1-17H3,(H,62,72)(H,63,73)(H,64,74)(H,65,75). The van der Waals surface area contributed by atoms with Crippen molar-refractivity contribution in [1.29, 1.82) is 0 Å². The van der Waals surface area contributed by atoms with Crippen LogP contribution in [0.25, 0.3) is 31.3 Å². The predicted octanol–water partition coefficient (Wildman–Crippen LogP) is 9.68. The Kier molecular flexibility index (Phi) is 37.1. The number of nitrogens with one attached hydrogen (secondary N) is 4. The zero-order valence-electron chi connectivity index (χ0n) is 54.2. The largest absolute Gasteiger partial charge is 0.380 e. The lowest BCUT2D eigenvalue weighted by molar-refractivity contribution is -0.129. The third-order valence-corrected chi connectivity index (χ3v) is 13.2. The van der Waals surface area contributed by atoms with Crippen molar-refractivity contribution in [1.82, 2.24) is 21.3 Å². The third kappa shape index (κ3) is 42.9. The van der Waals surface area contributed by atoms with E-state index in [1.807, 2.05) is 96.9 Å². The van der Waals surface area contributed by atoms with Crippen molar-refractivity contribution in [2.24, 2.45) is 64.1 Å². The molecule has 0 rings (SSSR count). The van der Waals surface area contributed by atoms with Gasteiger partial charge >= 0.3 is 0 Å². The van der Waals surface area contributed by atoms with Crippen molar-refractivity contribution in [3.8, 4) is 0 Å². The van der Waals surface area contributed by atoms with E-state index in [9.17, 15) is 19.2 Å². The number of ether oxygens (including phenoxy) is 8. The van der Waals surface area contributed by atoms with E-state index in [2.05, 4.69) is 72.1 Å². The number of azide groups is 3. The van der Waals surface area contributed by atoms with Gasteiger partial charge in [-0.25, -0.2) is 0 Å². The van der Waals surface area contributed by atoms with Gasteiger partial charge in [-0.15, -0.1) is 0 Å². The van der Waals surface area contributed by atoms with Gasteiger partial charge in [-0.2, -0.15) is 0 Å². The Bertz CT molecular complexity index is 1870. The lowest BCUT2D eigenvalue weighted by Crippen LogP contribution is -2.43. The molecular weight excluding hydrogens is 1070 g/mol. The quantitative estimate of drug-likeness (QED) is 0.0191. The minimum absolute atomic E-state index is 0.000571. The van der Waals surface area contributed by atoms with Crippen LogP contribution in [-0.4, -0.2) is 175 Å². The molecule has 4 amide bonds. The van der Waals surface area contributed by atoms with E-state index in [0.717, 1.165) is 6.42 Å². The topological polar surface area (TPSA) is 337 Å². The fourth-order valence-corrected chi connectivity index (χ4v) is 7.30. The van der Waals surface area contributed by atoms with Gasteiger partial charge in [0.2, 0.25) is 23.6 Å². The number of nitrogens with zero attached hydrogens (tertiary/aromatic N) is 9. The smallest absolute Gasteiger partial charge is 0.222 e. The molecule has 0 aliphatic rings. The Morgan fingerprint density at radius 3 is 0.735 bits per heavy atom. The minimum Gasteiger partial charge on any atom is -0.380 e. The fourth-order valence-electron chi connectivity index (χ4n) is 7.30. The molecule has 83 heavy (non-hydrogen) atoms. The molecule has 0 atom stereocenters. The second kappa shape index (κ2) is 39.2. The first-order valence-electron chi connectivity index (χ1n) is 29.2. The molecular formula is C58H111N13O12. The molecule has 0 saturated carbocycles. The molecule has 0 aromatic heterocycles. The van der Waals surface area contributed by atoms with E-state index in [-0.39, 0.29) is 129 Å². The maximum atomic E-state index is 13.2. The van der Waals surface area contributed by atoms with Gasteiger partial charge in [-0.1, -0.05) is 133 Å². The van der Waals surface area contributed by atoms with Gasteiger partial charge in [0.25, 0.3) is 0 Å². The number of amides is 4. The van der Waals surface area contributed by atoms with Crippen LogP contribution in [0.4, 0.5) is 0 Å². The molecule has 0 bridgehead atoms. The highest BCUT2D eigenvalue weighted by Gasteiger charge is 2.34. The highest BCUT2D eigenvalue weighted by molar-refractivity contribution is 5.77. The average Bonchev–Trinajstić information content (AvgIpc) is 3.40. The van der Waals surface area contributed by atoms with Crippen LogP contribution in [-0.2, 0) is 57.1 Å². The van der Waals surface area contributed by atoms with Gasteiger partial charge in [0.1, 0.15) is 0 Å². The molecule has 0 radical (unpaired) electrons. The number of rotatable bonds is 51. The molecule has 25 heteroatoms. The minimum atomic E-state index is -1.02. The molecule has 25 nitrogen and oxygen atoms in total. The van der Waals surface area contributed by atoms with Crippen LogP contribution in [0.1, 0.15) is 150 Å². The predicted molar refractivity (Wildman–Crippen MR) is 322 cm³/mol. The lowest BCUT2D eigenvalue weighted by atomic mass is 9.91. The second-order valence-corrected chi connectivity index (χ2v) is 28.6. The lowest BCUT2D eigenvalue weighted by Gasteiger charge is -2.33. The normalized spacial score (nSPS) is 13.5. The Morgan fingerprint density at radius 1 is 0.325 bits per heavy atom. The van der Waals surface area contributed by atoms with Crippen molar-refractivity contribution >= 4 is 23.6 Å². The van der Waals surface area contributed by atoms with Crippen molar-refractivity contribution in [3.05, 3.63) is 31.3 Å². The van der Waals surface area contributed by atoms with Crippen LogP contribution in [0, 0.1) is 48.7 Å². The van der Waals surface area contributed by atoms with Crippen molar-refractivity contribution in [3.63, 3.8) is 0 Å². The van der Waals surface area contributed by atoms with Crippen molar-refractivity contribution in [2.45, 2.75) is 150 Å². The first kappa shape index (κ1) is 78.5. The maximum absolute atomic E-state index is 13.2. The molecule has 0 aliphatic carbocycles. The molecule has 480 valence electrons. The van der Waals surface area contributed by atoms with Crippen LogP contribution in [0.2, 0.25) is 0 Å². The van der Waals surface area contributed by atoms with Gasteiger partial charge in [0, 0.05) is 108 Å². The van der Waals surface area contributed by atoms with Crippen LogP contribution in [0.5, 0.6) is 0 Å². The number of hydrogen-bond acceptors (Lipinski definition) is 15. The number of carbonyl (C=O) groups is 4. The molecule has 4 N–H and O–H groups in total. The van der Waals surface area contributed by atoms with E-state index in [1.165, 1.54) is 0 Å². The molecule has 0 saturated heterocycles. The van der Waals surface area contributed by atoms with Gasteiger partial charge in [0.15, 0.2) is 0 Å². The summed E-state index contributed by atoms with van der Waals surface area (Å²) in [6, 6.07) is 0. The van der Waals surface area contributed by atoms with Crippen molar-refractivity contribution in [2.75, 3.05) is 152 Å². The highest BCUT2D eigenvalue weighted by Crippen LogP contribution is 2.26. The summed E-state index contributed by atoms with van der Waals surface area (Å²) in [5, 5.41) is 23.0. The van der Waals surface area contributed by atoms with E-state index >= 15 is 0 Å². The van der Waals surface area contributed by atoms with Gasteiger partial charge in [-0.3, -0.25) is 19.2 Å². The highest BCUT2D eigenvalue weighted by atomic mass is 16.5. The van der Waals surface area contributed by atoms with E-state index in [0.29, 0.717) is 98.7 Å². The molecule has 0 aromatic rings. The third-order valence-electron chi connectivity index (χ3n) is 13.2. The summed E-state index contributed by atoms with van der Waals surface area (Å²) >= 11 is 0. The summed E-state index contributed by atoms with van der Waals surface area (Å²) in [7, 11) is 0. The summed E-state index contributed by atoms with van der Waals surface area (Å²) < 4.78 is 48.8. The van der Waals surface area contributed by atoms with Gasteiger partial charge < -0.3 is 59.2 Å².